The average Bonchev–Trinajstić information content (AvgIpc) is 3.39. The standard InChI is InChI=1S/C34H30N4O3/c1-33(2)26(22-9-11-23(12-10-22)32(40)41)14-16-34(3)20-38(17-15-29(33)34)31(39)25-7-5-4-6-24(25)30-36-27-13-8-21(19-35)18-28(27)37-30/h4-15,18H,16-17,20H2,1-3H3,(H,36,37)(H,40,41)/t34-/m1/s1. The zero-order valence-corrected chi connectivity index (χ0v) is 23.2. The van der Waals surface area contributed by atoms with Crippen LogP contribution in [0, 0.1) is 22.2 Å². The minimum absolute atomic E-state index is 0.0489. The highest BCUT2D eigenvalue weighted by atomic mass is 16.4. The number of rotatable bonds is 4. The second-order valence-electron chi connectivity index (χ2n) is 11.7. The Labute approximate surface area is 238 Å². The van der Waals surface area contributed by atoms with Crippen molar-refractivity contribution in [1.29, 1.82) is 5.26 Å². The molecule has 3 aromatic carbocycles. The number of fused-ring (bicyclic) bond motifs is 2. The Morgan fingerprint density at radius 2 is 1.78 bits per heavy atom. The molecule has 2 aliphatic rings. The van der Waals surface area contributed by atoms with Crippen LogP contribution in [0.15, 0.2) is 84.5 Å². The van der Waals surface area contributed by atoms with Crippen molar-refractivity contribution < 1.29 is 14.7 Å². The molecule has 1 aromatic heterocycles. The molecule has 0 radical (unpaired) electrons. The molecular formula is C34H30N4O3. The van der Waals surface area contributed by atoms with E-state index >= 15 is 0 Å². The van der Waals surface area contributed by atoms with Gasteiger partial charge in [-0.05, 0) is 54.0 Å². The van der Waals surface area contributed by atoms with Crippen molar-refractivity contribution in [3.63, 3.8) is 0 Å². The Balaban J connectivity index is 1.30. The van der Waals surface area contributed by atoms with E-state index < -0.39 is 5.97 Å². The van der Waals surface area contributed by atoms with Crippen LogP contribution in [0.25, 0.3) is 28.0 Å². The Morgan fingerprint density at radius 3 is 2.51 bits per heavy atom. The number of carbonyl (C=O) groups is 2. The number of hydrogen-bond donors (Lipinski definition) is 2. The number of imidazole rings is 1. The van der Waals surface area contributed by atoms with Gasteiger partial charge < -0.3 is 15.0 Å². The van der Waals surface area contributed by atoms with E-state index in [2.05, 4.69) is 44.0 Å². The van der Waals surface area contributed by atoms with Crippen LogP contribution in [-0.2, 0) is 0 Å². The molecule has 0 unspecified atom stereocenters. The lowest BCUT2D eigenvalue weighted by Gasteiger charge is -2.50. The summed E-state index contributed by atoms with van der Waals surface area (Å²) in [5.74, 6) is -0.387. The van der Waals surface area contributed by atoms with Gasteiger partial charge in [0.05, 0.1) is 33.8 Å². The molecule has 0 saturated carbocycles. The van der Waals surface area contributed by atoms with Crippen molar-refractivity contribution in [2.45, 2.75) is 27.2 Å². The normalized spacial score (nSPS) is 19.6. The maximum Gasteiger partial charge on any atom is 0.335 e. The lowest BCUT2D eigenvalue weighted by atomic mass is 9.58. The molecule has 7 heteroatoms. The molecule has 204 valence electrons. The van der Waals surface area contributed by atoms with Gasteiger partial charge in [0.2, 0.25) is 0 Å². The van der Waals surface area contributed by atoms with Gasteiger partial charge in [0.15, 0.2) is 0 Å². The van der Waals surface area contributed by atoms with Crippen LogP contribution in [0.4, 0.5) is 0 Å². The quantitative estimate of drug-likeness (QED) is 0.279. The molecule has 7 nitrogen and oxygen atoms in total. The molecule has 2 heterocycles. The van der Waals surface area contributed by atoms with Crippen molar-refractivity contribution >= 4 is 28.5 Å². The number of hydrogen-bond acceptors (Lipinski definition) is 4. The van der Waals surface area contributed by atoms with Gasteiger partial charge in [-0.2, -0.15) is 5.26 Å². The first kappa shape index (κ1) is 26.3. The highest BCUT2D eigenvalue weighted by Crippen LogP contribution is 2.55. The second kappa shape index (κ2) is 9.60. The molecular weight excluding hydrogens is 512 g/mol. The van der Waals surface area contributed by atoms with Gasteiger partial charge in [0.1, 0.15) is 5.82 Å². The summed E-state index contributed by atoms with van der Waals surface area (Å²) >= 11 is 0. The molecule has 1 amide bonds. The van der Waals surface area contributed by atoms with Crippen molar-refractivity contribution in [3.8, 4) is 17.5 Å². The fraction of sp³-hybridized carbons (Fsp3) is 0.235. The first-order valence-corrected chi connectivity index (χ1v) is 13.6. The van der Waals surface area contributed by atoms with Gasteiger partial charge in [0, 0.05) is 29.5 Å². The van der Waals surface area contributed by atoms with Gasteiger partial charge in [-0.1, -0.05) is 68.8 Å². The smallest absolute Gasteiger partial charge is 0.335 e. The second-order valence-corrected chi connectivity index (χ2v) is 11.7. The summed E-state index contributed by atoms with van der Waals surface area (Å²) in [6.45, 7) is 7.72. The minimum atomic E-state index is -0.934. The number of aromatic amines is 1. The van der Waals surface area contributed by atoms with E-state index in [-0.39, 0.29) is 22.3 Å². The highest BCUT2D eigenvalue weighted by Gasteiger charge is 2.46. The first-order valence-electron chi connectivity index (χ1n) is 13.6. The number of nitrogens with zero attached hydrogens (tertiary/aromatic N) is 3. The number of amides is 1. The number of nitrogens with one attached hydrogen (secondary N) is 1. The van der Waals surface area contributed by atoms with E-state index in [1.54, 1.807) is 24.3 Å². The third-order valence-electron chi connectivity index (χ3n) is 8.56. The van der Waals surface area contributed by atoms with E-state index in [0.29, 0.717) is 30.0 Å². The van der Waals surface area contributed by atoms with Crippen LogP contribution in [0.1, 0.15) is 59.0 Å². The number of H-pyrrole nitrogens is 1. The van der Waals surface area contributed by atoms with Crippen LogP contribution >= 0.6 is 0 Å². The van der Waals surface area contributed by atoms with Gasteiger partial charge in [-0.15, -0.1) is 0 Å². The molecule has 2 N–H and O–H groups in total. The van der Waals surface area contributed by atoms with Crippen LogP contribution in [0.3, 0.4) is 0 Å². The number of carboxylic acid groups (broad SMARTS) is 1. The minimum Gasteiger partial charge on any atom is -0.478 e. The maximum atomic E-state index is 14.0. The van der Waals surface area contributed by atoms with Gasteiger partial charge >= 0.3 is 5.97 Å². The third-order valence-corrected chi connectivity index (χ3v) is 8.56. The fourth-order valence-corrected chi connectivity index (χ4v) is 6.61. The van der Waals surface area contributed by atoms with Crippen LogP contribution in [0.5, 0.6) is 0 Å². The Kier molecular flexibility index (Phi) is 6.15. The van der Waals surface area contributed by atoms with Crippen molar-refractivity contribution in [3.05, 3.63) is 107 Å². The summed E-state index contributed by atoms with van der Waals surface area (Å²) in [6.07, 6.45) is 5.22. The summed E-state index contributed by atoms with van der Waals surface area (Å²) in [5.41, 5.74) is 6.60. The van der Waals surface area contributed by atoms with Crippen molar-refractivity contribution in [2.24, 2.45) is 10.8 Å². The van der Waals surface area contributed by atoms with E-state index in [0.717, 1.165) is 28.6 Å². The van der Waals surface area contributed by atoms with Gasteiger partial charge in [0.25, 0.3) is 5.91 Å². The molecule has 0 spiro atoms. The molecule has 0 bridgehead atoms. The Morgan fingerprint density at radius 1 is 1.02 bits per heavy atom. The summed E-state index contributed by atoms with van der Waals surface area (Å²) < 4.78 is 0. The van der Waals surface area contributed by atoms with Crippen molar-refractivity contribution in [1.82, 2.24) is 14.9 Å². The Hall–Kier alpha value is -4.96. The summed E-state index contributed by atoms with van der Waals surface area (Å²) in [7, 11) is 0. The van der Waals surface area contributed by atoms with Crippen LogP contribution in [0.2, 0.25) is 0 Å². The molecule has 6 rings (SSSR count). The van der Waals surface area contributed by atoms with E-state index in [1.807, 2.05) is 47.4 Å². The number of aromatic carboxylic acids is 1. The molecule has 1 atom stereocenters. The van der Waals surface area contributed by atoms with Gasteiger partial charge in [-0.3, -0.25) is 4.79 Å². The molecule has 0 fully saturated rings. The average molecular weight is 543 g/mol. The van der Waals surface area contributed by atoms with E-state index in [4.69, 9.17) is 4.98 Å². The van der Waals surface area contributed by atoms with Crippen LogP contribution < -0.4 is 0 Å². The van der Waals surface area contributed by atoms with E-state index in [9.17, 15) is 20.0 Å². The molecule has 4 aromatic rings. The molecule has 41 heavy (non-hydrogen) atoms. The fourth-order valence-electron chi connectivity index (χ4n) is 6.61. The zero-order valence-electron chi connectivity index (χ0n) is 23.2. The number of carboxylic acids is 1. The first-order chi connectivity index (χ1) is 19.6. The predicted molar refractivity (Wildman–Crippen MR) is 158 cm³/mol. The lowest BCUT2D eigenvalue weighted by Crippen LogP contribution is -2.48. The van der Waals surface area contributed by atoms with Gasteiger partial charge in [-0.25, -0.2) is 9.78 Å². The summed E-state index contributed by atoms with van der Waals surface area (Å²) in [4.78, 5) is 35.3. The molecule has 0 saturated heterocycles. The Bertz CT molecular complexity index is 1820. The zero-order chi connectivity index (χ0) is 28.9. The number of benzene rings is 3. The van der Waals surface area contributed by atoms with Crippen LogP contribution in [-0.4, -0.2) is 44.9 Å². The number of carbonyl (C=O) groups excluding carboxylic acids is 1. The SMILES string of the molecule is CC1(C)C(c2ccc(C(=O)O)cc2)=CC[C@]2(C)CN(C(=O)c3ccccc3-c3nc4ccc(C#N)cc4[nH]3)CC=C12. The lowest BCUT2D eigenvalue weighted by molar-refractivity contribution is 0.0679. The molecule has 1 aliphatic carbocycles. The predicted octanol–water partition coefficient (Wildman–Crippen LogP) is 6.70. The maximum absolute atomic E-state index is 14.0. The number of allylic oxidation sites excluding steroid dienone is 2. The van der Waals surface area contributed by atoms with E-state index in [1.165, 1.54) is 11.1 Å². The number of nitriles is 1. The largest absolute Gasteiger partial charge is 0.478 e. The van der Waals surface area contributed by atoms with Crippen molar-refractivity contribution in [2.75, 3.05) is 13.1 Å². The number of aromatic nitrogens is 2. The third kappa shape index (κ3) is 4.42. The highest BCUT2D eigenvalue weighted by molar-refractivity contribution is 6.01. The monoisotopic (exact) mass is 542 g/mol. The molecule has 1 aliphatic heterocycles. The topological polar surface area (TPSA) is 110 Å². The summed E-state index contributed by atoms with van der Waals surface area (Å²) in [5, 5.41) is 18.5. The summed E-state index contributed by atoms with van der Waals surface area (Å²) in [6, 6.07) is 22.0.